The van der Waals surface area contributed by atoms with Crippen LogP contribution in [0, 0.1) is 0 Å². The highest BCUT2D eigenvalue weighted by Gasteiger charge is 2.38. The van der Waals surface area contributed by atoms with E-state index in [1.54, 1.807) is 24.1 Å². The number of halogens is 3. The van der Waals surface area contributed by atoms with E-state index in [1.807, 2.05) is 32.0 Å². The van der Waals surface area contributed by atoms with E-state index < -0.39 is 25.9 Å². The summed E-state index contributed by atoms with van der Waals surface area (Å²) in [6.45, 7) is 7.65. The number of alkyl halides is 3. The summed E-state index contributed by atoms with van der Waals surface area (Å²) in [4.78, 5) is 26.0. The average molecular weight is 715 g/mol. The van der Waals surface area contributed by atoms with Gasteiger partial charge in [0, 0.05) is 32.0 Å². The van der Waals surface area contributed by atoms with Gasteiger partial charge in [-0.2, -0.15) is 18.2 Å². The van der Waals surface area contributed by atoms with Gasteiger partial charge in [0.05, 0.1) is 37.3 Å². The Morgan fingerprint density at radius 1 is 0.980 bits per heavy atom. The topological polar surface area (TPSA) is 101 Å². The van der Waals surface area contributed by atoms with Crippen molar-refractivity contribution in [3.8, 4) is 5.75 Å². The minimum absolute atomic E-state index is 0.0658. The number of likely N-dealkylation sites (tertiary alicyclic amines) is 1. The van der Waals surface area contributed by atoms with Gasteiger partial charge in [0.2, 0.25) is 5.95 Å². The Morgan fingerprint density at radius 3 is 2.34 bits per heavy atom. The van der Waals surface area contributed by atoms with E-state index in [1.165, 1.54) is 33.0 Å². The van der Waals surface area contributed by atoms with Crippen LogP contribution < -0.4 is 15.4 Å². The summed E-state index contributed by atoms with van der Waals surface area (Å²) < 4.78 is 59.9. The van der Waals surface area contributed by atoms with Crippen molar-refractivity contribution in [1.82, 2.24) is 19.8 Å². The lowest BCUT2D eigenvalue weighted by atomic mass is 9.79. The predicted octanol–water partition coefficient (Wildman–Crippen LogP) is 8.58. The lowest BCUT2D eigenvalue weighted by Crippen LogP contribution is -2.35. The van der Waals surface area contributed by atoms with Crippen molar-refractivity contribution in [2.75, 3.05) is 51.1 Å². The van der Waals surface area contributed by atoms with Gasteiger partial charge in [0.25, 0.3) is 5.91 Å². The first-order valence-corrected chi connectivity index (χ1v) is 18.8. The lowest BCUT2D eigenvalue weighted by molar-refractivity contribution is -0.137. The van der Waals surface area contributed by atoms with Crippen LogP contribution in [-0.2, 0) is 27.9 Å². The Bertz CT molecular complexity index is 1660. The minimum Gasteiger partial charge on any atom is -0.495 e. The molecule has 3 aromatic rings. The summed E-state index contributed by atoms with van der Waals surface area (Å²) >= 11 is 0. The van der Waals surface area contributed by atoms with E-state index >= 15 is 0 Å². The van der Waals surface area contributed by atoms with E-state index in [-0.39, 0.29) is 11.9 Å². The normalized spacial score (nSPS) is 19.7. The van der Waals surface area contributed by atoms with Crippen LogP contribution in [0.1, 0.15) is 90.9 Å². The van der Waals surface area contributed by atoms with Crippen LogP contribution in [0.15, 0.2) is 36.5 Å². The molecule has 1 saturated heterocycles. The number of nitrogens with one attached hydrogen (secondary N) is 2. The van der Waals surface area contributed by atoms with Gasteiger partial charge in [-0.05, 0) is 106 Å². The SMILES string of the molecule is CCOP(Cc1ccc(Nc2ncc(C(F)(F)F)c(Nc3ccc(C4CCC(N5CCCC5)CC4)c4c3C(=O)N(C)C4)n2)c(OC)c1)OCC. The molecule has 0 spiro atoms. The minimum atomic E-state index is -4.74. The van der Waals surface area contributed by atoms with Crippen molar-refractivity contribution in [3.05, 3.63) is 64.3 Å². The maximum absolute atomic E-state index is 14.3. The number of carbonyl (C=O) groups is 1. The molecular formula is C36H46F3N6O4P. The third-order valence-electron chi connectivity index (χ3n) is 9.82. The molecule has 0 radical (unpaired) electrons. The zero-order valence-corrected chi connectivity index (χ0v) is 30.0. The van der Waals surface area contributed by atoms with Gasteiger partial charge >= 0.3 is 6.18 Å². The van der Waals surface area contributed by atoms with Gasteiger partial charge in [-0.15, -0.1) is 0 Å². The van der Waals surface area contributed by atoms with Crippen LogP contribution in [-0.4, -0.2) is 72.2 Å². The van der Waals surface area contributed by atoms with Crippen LogP contribution in [0.5, 0.6) is 5.75 Å². The van der Waals surface area contributed by atoms with Gasteiger partial charge < -0.3 is 34.2 Å². The largest absolute Gasteiger partial charge is 0.495 e. The Morgan fingerprint density at radius 2 is 1.68 bits per heavy atom. The quantitative estimate of drug-likeness (QED) is 0.169. The third-order valence-corrected chi connectivity index (χ3v) is 11.5. The summed E-state index contributed by atoms with van der Waals surface area (Å²) in [5.74, 6) is 0.0263. The fourth-order valence-electron chi connectivity index (χ4n) is 7.42. The summed E-state index contributed by atoms with van der Waals surface area (Å²) in [6, 6.07) is 9.77. The molecule has 50 heavy (non-hydrogen) atoms. The van der Waals surface area contributed by atoms with E-state index in [4.69, 9.17) is 13.8 Å². The number of anilines is 4. The number of methoxy groups -OCH3 is 1. The van der Waals surface area contributed by atoms with Gasteiger partial charge in [0.1, 0.15) is 17.1 Å². The van der Waals surface area contributed by atoms with Crippen LogP contribution in [0.2, 0.25) is 0 Å². The molecule has 0 bridgehead atoms. The number of amides is 1. The number of ether oxygens (including phenoxy) is 1. The van der Waals surface area contributed by atoms with Gasteiger partial charge in [-0.1, -0.05) is 12.1 Å². The molecule has 0 unspecified atom stereocenters. The van der Waals surface area contributed by atoms with Crippen molar-refractivity contribution in [2.24, 2.45) is 0 Å². The highest BCUT2D eigenvalue weighted by molar-refractivity contribution is 7.46. The zero-order chi connectivity index (χ0) is 35.4. The molecule has 1 aromatic heterocycles. The van der Waals surface area contributed by atoms with Crippen LogP contribution >= 0.6 is 8.38 Å². The number of benzene rings is 2. The van der Waals surface area contributed by atoms with Gasteiger partial charge in [-0.3, -0.25) is 4.79 Å². The Kier molecular flexibility index (Phi) is 11.5. The highest BCUT2D eigenvalue weighted by Crippen LogP contribution is 2.45. The fraction of sp³-hybridized carbons (Fsp3) is 0.528. The molecule has 1 amide bonds. The number of hydrogen-bond acceptors (Lipinski definition) is 9. The van der Waals surface area contributed by atoms with Crippen molar-refractivity contribution >= 4 is 37.4 Å². The Labute approximate surface area is 293 Å². The molecule has 2 fully saturated rings. The van der Waals surface area contributed by atoms with Gasteiger partial charge in [-0.25, -0.2) is 4.98 Å². The maximum Gasteiger partial charge on any atom is 0.421 e. The van der Waals surface area contributed by atoms with Crippen molar-refractivity contribution in [2.45, 2.75) is 83.2 Å². The number of aromatic nitrogens is 2. The second-order valence-corrected chi connectivity index (χ2v) is 14.5. The molecule has 3 aliphatic rings. The van der Waals surface area contributed by atoms with Crippen LogP contribution in [0.3, 0.4) is 0 Å². The summed E-state index contributed by atoms with van der Waals surface area (Å²) in [7, 11) is 2.12. The first-order chi connectivity index (χ1) is 24.1. The number of nitrogens with zero attached hydrogens (tertiary/aromatic N) is 4. The fourth-order valence-corrected chi connectivity index (χ4v) is 8.75. The lowest BCUT2D eigenvalue weighted by Gasteiger charge is -2.35. The maximum atomic E-state index is 14.3. The Hall–Kier alpha value is -3.51. The molecule has 3 heterocycles. The smallest absolute Gasteiger partial charge is 0.421 e. The van der Waals surface area contributed by atoms with Crippen LogP contribution in [0.4, 0.5) is 36.3 Å². The molecule has 10 nitrogen and oxygen atoms in total. The predicted molar refractivity (Wildman–Crippen MR) is 189 cm³/mol. The molecule has 270 valence electrons. The van der Waals surface area contributed by atoms with E-state index in [0.717, 1.165) is 48.6 Å². The molecule has 1 aliphatic carbocycles. The Balaban J connectivity index is 1.26. The summed E-state index contributed by atoms with van der Waals surface area (Å²) in [5, 5.41) is 5.90. The van der Waals surface area contributed by atoms with Crippen molar-refractivity contribution in [3.63, 3.8) is 0 Å². The second kappa shape index (κ2) is 15.8. The van der Waals surface area contributed by atoms with Gasteiger partial charge in [0.15, 0.2) is 8.38 Å². The van der Waals surface area contributed by atoms with E-state index in [2.05, 4.69) is 25.5 Å². The molecular weight excluding hydrogens is 668 g/mol. The third kappa shape index (κ3) is 8.01. The summed E-state index contributed by atoms with van der Waals surface area (Å²) in [6.07, 6.45) is 3.38. The highest BCUT2D eigenvalue weighted by atomic mass is 31.2. The molecule has 6 rings (SSSR count). The number of fused-ring (bicyclic) bond motifs is 1. The first-order valence-electron chi connectivity index (χ1n) is 17.4. The molecule has 2 aliphatic heterocycles. The molecule has 2 aromatic carbocycles. The van der Waals surface area contributed by atoms with Crippen molar-refractivity contribution < 1.29 is 31.8 Å². The molecule has 2 N–H and O–H groups in total. The zero-order valence-electron chi connectivity index (χ0n) is 29.1. The second-order valence-electron chi connectivity index (χ2n) is 13.0. The van der Waals surface area contributed by atoms with Crippen LogP contribution in [0.25, 0.3) is 0 Å². The number of rotatable bonds is 13. The molecule has 0 atom stereocenters. The number of hydrogen-bond donors (Lipinski definition) is 2. The summed E-state index contributed by atoms with van der Waals surface area (Å²) in [5.41, 5.74) is 3.06. The van der Waals surface area contributed by atoms with Crippen molar-refractivity contribution in [1.29, 1.82) is 0 Å². The van der Waals surface area contributed by atoms with E-state index in [0.29, 0.717) is 60.6 Å². The first kappa shape index (κ1) is 36.3. The molecule has 14 heteroatoms. The monoisotopic (exact) mass is 714 g/mol. The molecule has 1 saturated carbocycles. The number of carbonyl (C=O) groups excluding carboxylic acids is 1. The standard InChI is InChI=1S/C36H46F3N6O4P/c1-5-48-50(49-6-2)22-23-9-15-29(31(19-23)47-4)42-35-40-20-28(36(37,38)39)33(43-35)41-30-16-14-26(27-21-44(3)34(46)32(27)30)24-10-12-25(13-11-24)45-17-7-8-18-45/h9,14-16,19-20,24-25H,5-8,10-13,17-18,21-22H2,1-4H3,(H2,40,41,42,43). The van der Waals surface area contributed by atoms with E-state index in [9.17, 15) is 18.0 Å². The average Bonchev–Trinajstić information content (AvgIpc) is 3.74.